The van der Waals surface area contributed by atoms with Gasteiger partial charge in [-0.2, -0.15) is 0 Å². The summed E-state index contributed by atoms with van der Waals surface area (Å²) in [6.07, 6.45) is 0. The van der Waals surface area contributed by atoms with Crippen molar-refractivity contribution in [3.63, 3.8) is 0 Å². The second kappa shape index (κ2) is 5.58. The number of hydrogen-bond donors (Lipinski definition) is 0. The molecule has 2 rings (SSSR count). The second-order valence-corrected chi connectivity index (χ2v) is 11.2. The van der Waals surface area contributed by atoms with E-state index in [9.17, 15) is 22.0 Å². The van der Waals surface area contributed by atoms with E-state index in [1.165, 1.54) is 0 Å². The second-order valence-electron chi connectivity index (χ2n) is 6.72. The van der Waals surface area contributed by atoms with Gasteiger partial charge < -0.3 is 0 Å². The predicted octanol–water partition coefficient (Wildman–Crippen LogP) is 5.35. The summed E-state index contributed by atoms with van der Waals surface area (Å²) >= 11 is 0. The minimum absolute atomic E-state index is 0.282. The lowest BCUT2D eigenvalue weighted by Gasteiger charge is -2.33. The molecule has 1 aromatic rings. The van der Waals surface area contributed by atoms with Gasteiger partial charge >= 0.3 is 0 Å². The third-order valence-corrected chi connectivity index (χ3v) is 9.22. The van der Waals surface area contributed by atoms with E-state index in [0.717, 1.165) is 22.3 Å². The normalized spacial score (nSPS) is 16.8. The van der Waals surface area contributed by atoms with Crippen molar-refractivity contribution < 1.29 is 22.0 Å². The van der Waals surface area contributed by atoms with Crippen LogP contribution in [0.15, 0.2) is 22.3 Å². The fourth-order valence-electron chi connectivity index (χ4n) is 3.75. The Morgan fingerprint density at radius 1 is 0.609 bits per heavy atom. The minimum atomic E-state index is -3.04. The fourth-order valence-corrected chi connectivity index (χ4v) is 7.98. The van der Waals surface area contributed by atoms with Crippen LogP contribution in [-0.2, 0) is 0 Å². The Hall–Kier alpha value is -1.43. The van der Waals surface area contributed by atoms with Crippen molar-refractivity contribution in [2.75, 3.05) is 0 Å². The molecule has 0 aromatic heterocycles. The molecule has 0 fully saturated rings. The topological polar surface area (TPSA) is 0 Å². The summed E-state index contributed by atoms with van der Waals surface area (Å²) < 4.78 is 69.1. The summed E-state index contributed by atoms with van der Waals surface area (Å²) in [5, 5.41) is -0.625. The Balaban J connectivity index is 2.77. The Kier molecular flexibility index (Phi) is 4.35. The van der Waals surface area contributed by atoms with Crippen LogP contribution in [0.3, 0.4) is 0 Å². The average molecular weight is 346 g/mol. The van der Waals surface area contributed by atoms with E-state index in [1.54, 1.807) is 13.1 Å². The number of allylic oxidation sites excluding steroid dienone is 4. The zero-order valence-corrected chi connectivity index (χ0v) is 15.0. The van der Waals surface area contributed by atoms with Crippen LogP contribution in [0.4, 0.5) is 22.0 Å². The number of halogens is 5. The first-order chi connectivity index (χ1) is 10.4. The Labute approximate surface area is 133 Å². The lowest BCUT2D eigenvalue weighted by molar-refractivity contribution is 0.383. The van der Waals surface area contributed by atoms with Crippen LogP contribution in [-0.4, -0.2) is 8.07 Å². The van der Waals surface area contributed by atoms with Crippen molar-refractivity contribution in [3.05, 3.63) is 51.4 Å². The highest BCUT2D eigenvalue weighted by Gasteiger charge is 2.45. The van der Waals surface area contributed by atoms with Gasteiger partial charge in [-0.05, 0) is 38.8 Å². The van der Waals surface area contributed by atoms with Crippen molar-refractivity contribution in [2.45, 2.75) is 46.3 Å². The van der Waals surface area contributed by atoms with E-state index in [0.29, 0.717) is 0 Å². The van der Waals surface area contributed by atoms with E-state index < -0.39 is 42.3 Å². The van der Waals surface area contributed by atoms with Gasteiger partial charge in [0.25, 0.3) is 0 Å². The first kappa shape index (κ1) is 17.9. The third kappa shape index (κ3) is 2.38. The molecule has 0 unspecified atom stereocenters. The molecule has 0 heterocycles. The van der Waals surface area contributed by atoms with Gasteiger partial charge in [0.15, 0.2) is 23.3 Å². The van der Waals surface area contributed by atoms with Crippen molar-refractivity contribution in [2.24, 2.45) is 0 Å². The molecular formula is C17H19F5Si. The molecule has 1 aliphatic carbocycles. The molecule has 0 bridgehead atoms. The maximum absolute atomic E-state index is 14.3. The van der Waals surface area contributed by atoms with Gasteiger partial charge in [0.1, 0.15) is 0 Å². The maximum Gasteiger partial charge on any atom is 0.200 e. The highest BCUT2D eigenvalue weighted by molar-refractivity contribution is 6.92. The number of hydrogen-bond acceptors (Lipinski definition) is 0. The lowest BCUT2D eigenvalue weighted by atomic mass is 10.1. The molecule has 6 heteroatoms. The van der Waals surface area contributed by atoms with Crippen LogP contribution in [0.5, 0.6) is 0 Å². The van der Waals surface area contributed by atoms with Crippen LogP contribution in [0.1, 0.15) is 27.7 Å². The highest BCUT2D eigenvalue weighted by atomic mass is 28.3. The average Bonchev–Trinajstić information content (AvgIpc) is 2.67. The third-order valence-electron chi connectivity index (χ3n) is 5.19. The molecule has 0 amide bonds. The van der Waals surface area contributed by atoms with Crippen molar-refractivity contribution in [1.82, 2.24) is 0 Å². The summed E-state index contributed by atoms with van der Waals surface area (Å²) in [5.74, 6) is -9.23. The van der Waals surface area contributed by atoms with Gasteiger partial charge in [-0.25, -0.2) is 22.0 Å². The molecule has 23 heavy (non-hydrogen) atoms. The van der Waals surface area contributed by atoms with Crippen LogP contribution in [0.2, 0.25) is 18.6 Å². The van der Waals surface area contributed by atoms with Gasteiger partial charge in [0.05, 0.1) is 8.07 Å². The molecule has 0 saturated carbocycles. The number of rotatable bonds is 2. The Morgan fingerprint density at radius 3 is 1.26 bits per heavy atom. The first-order valence-corrected chi connectivity index (χ1v) is 10.4. The van der Waals surface area contributed by atoms with Crippen LogP contribution in [0, 0.1) is 29.1 Å². The van der Waals surface area contributed by atoms with E-state index in [1.807, 2.05) is 27.7 Å². The van der Waals surface area contributed by atoms with Crippen molar-refractivity contribution >= 4 is 13.3 Å². The lowest BCUT2D eigenvalue weighted by Crippen LogP contribution is -2.51. The van der Waals surface area contributed by atoms with Gasteiger partial charge in [-0.15, -0.1) is 0 Å². The smallest absolute Gasteiger partial charge is 0.200 e. The van der Waals surface area contributed by atoms with Crippen molar-refractivity contribution in [3.8, 4) is 0 Å². The molecule has 0 aliphatic heterocycles. The zero-order chi connectivity index (χ0) is 17.9. The van der Waals surface area contributed by atoms with Crippen LogP contribution >= 0.6 is 0 Å². The van der Waals surface area contributed by atoms with Crippen LogP contribution < -0.4 is 5.19 Å². The zero-order valence-electron chi connectivity index (χ0n) is 14.0. The molecule has 1 aliphatic rings. The standard InChI is InChI=1S/C17H19F5Si/c1-7-8(2)10(4)16(9(7)3)23(5,6)17-14(21)12(19)11(18)13(20)15(17)22/h16H,1-6H3. The summed E-state index contributed by atoms with van der Waals surface area (Å²) in [4.78, 5) is 0. The summed E-state index contributed by atoms with van der Waals surface area (Å²) in [6.45, 7) is 10.8. The number of benzene rings is 1. The summed E-state index contributed by atoms with van der Waals surface area (Å²) in [6, 6.07) is 0. The van der Waals surface area contributed by atoms with Crippen molar-refractivity contribution in [1.29, 1.82) is 0 Å². The molecule has 0 saturated heterocycles. The van der Waals surface area contributed by atoms with Gasteiger partial charge in [-0.3, -0.25) is 0 Å². The highest BCUT2D eigenvalue weighted by Crippen LogP contribution is 2.46. The monoisotopic (exact) mass is 346 g/mol. The quantitative estimate of drug-likeness (QED) is 0.293. The van der Waals surface area contributed by atoms with Crippen LogP contribution in [0.25, 0.3) is 0 Å². The SMILES string of the molecule is CC1=C(C)C([Si](C)(C)c2c(F)c(F)c(F)c(F)c2F)C(C)=C1C. The summed E-state index contributed by atoms with van der Waals surface area (Å²) in [7, 11) is -3.04. The predicted molar refractivity (Wildman–Crippen MR) is 83.8 cm³/mol. The van der Waals surface area contributed by atoms with E-state index in [4.69, 9.17) is 0 Å². The molecule has 0 nitrogen and oxygen atoms in total. The van der Waals surface area contributed by atoms with Gasteiger partial charge in [0, 0.05) is 10.7 Å². The molecule has 1 aromatic carbocycles. The van der Waals surface area contributed by atoms with E-state index in [-0.39, 0.29) is 5.54 Å². The summed E-state index contributed by atoms with van der Waals surface area (Å²) in [5.41, 5.74) is 3.66. The minimum Gasteiger partial charge on any atom is -0.204 e. The van der Waals surface area contributed by atoms with Gasteiger partial charge in [0.2, 0.25) is 5.82 Å². The molecule has 0 spiro atoms. The van der Waals surface area contributed by atoms with E-state index in [2.05, 4.69) is 0 Å². The van der Waals surface area contributed by atoms with Gasteiger partial charge in [-0.1, -0.05) is 24.2 Å². The molecule has 0 atom stereocenters. The molecule has 126 valence electrons. The molecule has 0 radical (unpaired) electrons. The largest absolute Gasteiger partial charge is 0.204 e. The molecular weight excluding hydrogens is 327 g/mol. The maximum atomic E-state index is 14.3. The Morgan fingerprint density at radius 2 is 0.913 bits per heavy atom. The molecule has 0 N–H and O–H groups in total. The Bertz CT molecular complexity index is 706. The first-order valence-electron chi connectivity index (χ1n) is 7.31. The van der Waals surface area contributed by atoms with E-state index >= 15 is 0 Å². The fraction of sp³-hybridized carbons (Fsp3) is 0.412.